The lowest BCUT2D eigenvalue weighted by Gasteiger charge is -2.17. The smallest absolute Gasteiger partial charge is 0.163 e. The van der Waals surface area contributed by atoms with Crippen LogP contribution in [0.5, 0.6) is 0 Å². The molecule has 0 amide bonds. The lowest BCUT2D eigenvalue weighted by molar-refractivity contribution is 0.0982. The summed E-state index contributed by atoms with van der Waals surface area (Å²) >= 11 is 1.86. The van der Waals surface area contributed by atoms with Crippen LogP contribution in [0.25, 0.3) is 0 Å². The molecule has 0 fully saturated rings. The highest BCUT2D eigenvalue weighted by Gasteiger charge is 2.23. The van der Waals surface area contributed by atoms with Crippen LogP contribution < -0.4 is 0 Å². The van der Waals surface area contributed by atoms with E-state index < -0.39 is 0 Å². The maximum absolute atomic E-state index is 12.2. The topological polar surface area (TPSA) is 30.0 Å². The van der Waals surface area contributed by atoms with Crippen molar-refractivity contribution in [1.29, 1.82) is 0 Å². The minimum absolute atomic E-state index is 0.287. The summed E-state index contributed by atoms with van der Waals surface area (Å²) in [6.07, 6.45) is 6.42. The summed E-state index contributed by atoms with van der Waals surface area (Å²) in [4.78, 5) is 17.6. The van der Waals surface area contributed by atoms with Gasteiger partial charge in [0.2, 0.25) is 0 Å². The number of hydrogen-bond donors (Lipinski definition) is 0. The highest BCUT2D eigenvalue weighted by Crippen LogP contribution is 2.43. The second-order valence-electron chi connectivity index (χ2n) is 5.15. The molecule has 2 aromatic rings. The summed E-state index contributed by atoms with van der Waals surface area (Å²) < 4.78 is 0. The van der Waals surface area contributed by atoms with Gasteiger partial charge in [-0.25, -0.2) is 0 Å². The van der Waals surface area contributed by atoms with E-state index in [2.05, 4.69) is 24.0 Å². The van der Waals surface area contributed by atoms with Crippen molar-refractivity contribution in [3.63, 3.8) is 0 Å². The van der Waals surface area contributed by atoms with Gasteiger partial charge in [-0.2, -0.15) is 0 Å². The van der Waals surface area contributed by atoms with Gasteiger partial charge >= 0.3 is 0 Å². The van der Waals surface area contributed by atoms with Gasteiger partial charge in [0.05, 0.1) is 0 Å². The predicted octanol–water partition coefficient (Wildman–Crippen LogP) is 4.59. The number of thioether (sulfide) groups is 1. The van der Waals surface area contributed by atoms with Crippen LogP contribution in [-0.2, 0) is 0 Å². The van der Waals surface area contributed by atoms with Gasteiger partial charge in [0.25, 0.3) is 0 Å². The minimum Gasteiger partial charge on any atom is -0.294 e. The molecule has 1 heterocycles. The fourth-order valence-electron chi connectivity index (χ4n) is 2.64. The number of pyridine rings is 1. The summed E-state index contributed by atoms with van der Waals surface area (Å²) in [5.74, 6) is 0.287. The van der Waals surface area contributed by atoms with E-state index in [0.29, 0.717) is 11.7 Å². The molecular formula is C17H17NOS. The van der Waals surface area contributed by atoms with Crippen LogP contribution in [0.2, 0.25) is 0 Å². The lowest BCUT2D eigenvalue weighted by Crippen LogP contribution is -2.01. The Morgan fingerprint density at radius 2 is 2.10 bits per heavy atom. The Bertz CT molecular complexity index is 638. The van der Waals surface area contributed by atoms with Gasteiger partial charge in [0, 0.05) is 34.5 Å². The van der Waals surface area contributed by atoms with Crippen LogP contribution in [0.1, 0.15) is 46.0 Å². The molecule has 0 spiro atoms. The first kappa shape index (κ1) is 13.4. The molecule has 0 aliphatic heterocycles. The zero-order valence-electron chi connectivity index (χ0n) is 11.5. The molecule has 102 valence electrons. The van der Waals surface area contributed by atoms with Crippen molar-refractivity contribution in [2.75, 3.05) is 0 Å². The van der Waals surface area contributed by atoms with Gasteiger partial charge in [0.15, 0.2) is 5.78 Å². The van der Waals surface area contributed by atoms with E-state index in [1.165, 1.54) is 16.0 Å². The molecule has 1 atom stereocenters. The zero-order valence-corrected chi connectivity index (χ0v) is 12.3. The van der Waals surface area contributed by atoms with E-state index in [1.807, 2.05) is 42.4 Å². The molecule has 1 unspecified atom stereocenters. The van der Waals surface area contributed by atoms with Crippen LogP contribution in [0.3, 0.4) is 0 Å². The number of carbonyl (C=O) groups excluding carboxylic acids is 1. The van der Waals surface area contributed by atoms with Crippen molar-refractivity contribution in [2.24, 2.45) is 0 Å². The summed E-state index contributed by atoms with van der Waals surface area (Å²) in [6, 6.07) is 10.1. The summed E-state index contributed by atoms with van der Waals surface area (Å²) in [5.41, 5.74) is 3.30. The van der Waals surface area contributed by atoms with Crippen molar-refractivity contribution in [2.45, 2.75) is 36.3 Å². The summed E-state index contributed by atoms with van der Waals surface area (Å²) in [5, 5.41) is 0.360. The monoisotopic (exact) mass is 283 g/mol. The Morgan fingerprint density at radius 3 is 2.95 bits per heavy atom. The van der Waals surface area contributed by atoms with Crippen LogP contribution in [0.4, 0.5) is 0 Å². The number of benzene rings is 1. The van der Waals surface area contributed by atoms with Gasteiger partial charge in [-0.05, 0) is 37.0 Å². The lowest BCUT2D eigenvalue weighted by atomic mass is 10.0. The predicted molar refractivity (Wildman–Crippen MR) is 82.2 cm³/mol. The maximum Gasteiger partial charge on any atom is 0.163 e. The van der Waals surface area contributed by atoms with Crippen molar-refractivity contribution in [1.82, 2.24) is 4.98 Å². The zero-order chi connectivity index (χ0) is 13.9. The molecule has 1 aromatic carbocycles. The molecule has 0 saturated carbocycles. The Hall–Kier alpha value is -1.61. The maximum atomic E-state index is 12.2. The molecule has 0 radical (unpaired) electrons. The van der Waals surface area contributed by atoms with Gasteiger partial charge in [-0.15, -0.1) is 11.8 Å². The van der Waals surface area contributed by atoms with Crippen molar-refractivity contribution < 1.29 is 4.79 Å². The molecule has 3 rings (SSSR count). The first-order valence-corrected chi connectivity index (χ1v) is 7.83. The third kappa shape index (κ3) is 2.63. The number of carbonyl (C=O) groups is 1. The van der Waals surface area contributed by atoms with Gasteiger partial charge in [0.1, 0.15) is 0 Å². The number of Topliss-reactive ketones (excluding diaryl/α,β-unsaturated/α-hetero) is 1. The number of fused-ring (bicyclic) bond motifs is 1. The fourth-order valence-corrected chi connectivity index (χ4v) is 3.94. The number of aromatic nitrogens is 1. The average Bonchev–Trinajstić information content (AvgIpc) is 2.62. The second kappa shape index (κ2) is 5.80. The Kier molecular flexibility index (Phi) is 3.88. The quantitative estimate of drug-likeness (QED) is 0.755. The van der Waals surface area contributed by atoms with Crippen molar-refractivity contribution in [3.05, 3.63) is 59.4 Å². The molecular weight excluding hydrogens is 266 g/mol. The Morgan fingerprint density at radius 1 is 1.25 bits per heavy atom. The number of rotatable bonds is 2. The molecule has 3 heteroatoms. The summed E-state index contributed by atoms with van der Waals surface area (Å²) in [7, 11) is 0. The molecule has 20 heavy (non-hydrogen) atoms. The fraction of sp³-hybridized carbons (Fsp3) is 0.294. The third-order valence-corrected chi connectivity index (χ3v) is 5.20. The van der Waals surface area contributed by atoms with E-state index in [0.717, 1.165) is 18.4 Å². The van der Waals surface area contributed by atoms with E-state index in [9.17, 15) is 4.79 Å². The minimum atomic E-state index is 0.287. The van der Waals surface area contributed by atoms with Crippen LogP contribution in [-0.4, -0.2) is 10.8 Å². The molecule has 0 bridgehead atoms. The molecule has 0 saturated heterocycles. The number of nitrogens with zero attached hydrogens (tertiary/aromatic N) is 1. The van der Waals surface area contributed by atoms with E-state index >= 15 is 0 Å². The Balaban J connectivity index is 1.96. The number of aryl methyl sites for hydroxylation is 1. The first-order valence-electron chi connectivity index (χ1n) is 6.95. The largest absolute Gasteiger partial charge is 0.294 e. The molecule has 1 aliphatic carbocycles. The van der Waals surface area contributed by atoms with Crippen LogP contribution in [0.15, 0.2) is 47.6 Å². The Labute approximate surface area is 123 Å². The number of ketones is 1. The SMILES string of the molecule is Cc1cnccc1SC1CCCC(=O)c2ccccc21. The van der Waals surface area contributed by atoms with Crippen LogP contribution in [0, 0.1) is 6.92 Å². The van der Waals surface area contributed by atoms with Gasteiger partial charge < -0.3 is 0 Å². The van der Waals surface area contributed by atoms with E-state index in [1.54, 1.807) is 0 Å². The highest BCUT2D eigenvalue weighted by atomic mass is 32.2. The normalized spacial score (nSPS) is 18.4. The third-order valence-electron chi connectivity index (χ3n) is 3.72. The van der Waals surface area contributed by atoms with Gasteiger partial charge in [-0.3, -0.25) is 9.78 Å². The molecule has 2 nitrogen and oxygen atoms in total. The second-order valence-corrected chi connectivity index (χ2v) is 6.39. The van der Waals surface area contributed by atoms with E-state index in [-0.39, 0.29) is 5.78 Å². The molecule has 1 aromatic heterocycles. The highest BCUT2D eigenvalue weighted by molar-refractivity contribution is 7.99. The summed E-state index contributed by atoms with van der Waals surface area (Å²) in [6.45, 7) is 2.09. The van der Waals surface area contributed by atoms with Gasteiger partial charge in [-0.1, -0.05) is 24.3 Å². The van der Waals surface area contributed by atoms with E-state index in [4.69, 9.17) is 0 Å². The first-order chi connectivity index (χ1) is 9.75. The van der Waals surface area contributed by atoms with Crippen LogP contribution >= 0.6 is 11.8 Å². The van der Waals surface area contributed by atoms with Crippen molar-refractivity contribution in [3.8, 4) is 0 Å². The average molecular weight is 283 g/mol. The van der Waals surface area contributed by atoms with Crippen molar-refractivity contribution >= 4 is 17.5 Å². The molecule has 1 aliphatic rings. The standard InChI is InChI=1S/C17H17NOS/c1-12-11-18-10-9-16(12)20-17-8-4-7-15(19)13-5-2-3-6-14(13)17/h2-3,5-6,9-11,17H,4,7-8H2,1H3. The molecule has 0 N–H and O–H groups in total. The number of hydrogen-bond acceptors (Lipinski definition) is 3.